The minimum absolute atomic E-state index is 0.229. The Morgan fingerprint density at radius 1 is 1.39 bits per heavy atom. The predicted molar refractivity (Wildman–Crippen MR) is 75.4 cm³/mol. The van der Waals surface area contributed by atoms with E-state index in [2.05, 4.69) is 36.0 Å². The van der Waals surface area contributed by atoms with Gasteiger partial charge in [-0.15, -0.1) is 0 Å². The van der Waals surface area contributed by atoms with Crippen LogP contribution in [0.1, 0.15) is 31.7 Å². The molecule has 100 valence electrons. The summed E-state index contributed by atoms with van der Waals surface area (Å²) in [6.45, 7) is 4.13. The number of hydrogen-bond acceptors (Lipinski definition) is 3. The van der Waals surface area contributed by atoms with E-state index < -0.39 is 0 Å². The van der Waals surface area contributed by atoms with Gasteiger partial charge >= 0.3 is 0 Å². The maximum absolute atomic E-state index is 6.08. The van der Waals surface area contributed by atoms with Gasteiger partial charge in [0.1, 0.15) is 0 Å². The van der Waals surface area contributed by atoms with E-state index >= 15 is 0 Å². The zero-order valence-corrected chi connectivity index (χ0v) is 11.6. The Labute approximate surface area is 110 Å². The number of rotatable bonds is 7. The number of aromatic nitrogens is 1. The van der Waals surface area contributed by atoms with Crippen LogP contribution in [0.4, 0.5) is 0 Å². The molecule has 0 bridgehead atoms. The molecule has 0 aromatic carbocycles. The molecule has 2 rings (SSSR count). The van der Waals surface area contributed by atoms with Gasteiger partial charge < -0.3 is 5.73 Å². The van der Waals surface area contributed by atoms with Crippen LogP contribution in [0.5, 0.6) is 0 Å². The fourth-order valence-electron chi connectivity index (χ4n) is 3.03. The van der Waals surface area contributed by atoms with Crippen LogP contribution in [0.25, 0.3) is 0 Å². The highest BCUT2D eigenvalue weighted by Crippen LogP contribution is 2.44. The van der Waals surface area contributed by atoms with Crippen molar-refractivity contribution in [2.45, 2.75) is 38.1 Å². The molecular formula is C15H25N3. The minimum atomic E-state index is 0.229. The van der Waals surface area contributed by atoms with Crippen LogP contribution in [0.15, 0.2) is 24.5 Å². The molecule has 0 spiro atoms. The minimum Gasteiger partial charge on any atom is -0.329 e. The normalized spacial score (nSPS) is 18.9. The predicted octanol–water partition coefficient (Wildman–Crippen LogP) is 2.07. The molecule has 3 heteroatoms. The van der Waals surface area contributed by atoms with Gasteiger partial charge in [-0.2, -0.15) is 0 Å². The summed E-state index contributed by atoms with van der Waals surface area (Å²) in [6, 6.07) is 4.20. The maximum Gasteiger partial charge on any atom is 0.0354 e. The van der Waals surface area contributed by atoms with E-state index in [0.717, 1.165) is 31.8 Å². The third-order valence-electron chi connectivity index (χ3n) is 4.55. The van der Waals surface area contributed by atoms with Crippen molar-refractivity contribution in [3.05, 3.63) is 30.1 Å². The summed E-state index contributed by atoms with van der Waals surface area (Å²) in [5.74, 6) is 0.815. The number of nitrogens with zero attached hydrogens (tertiary/aromatic N) is 2. The first-order valence-electron chi connectivity index (χ1n) is 7.03. The largest absolute Gasteiger partial charge is 0.329 e. The Hall–Kier alpha value is -0.930. The summed E-state index contributed by atoms with van der Waals surface area (Å²) >= 11 is 0. The molecule has 1 aromatic rings. The number of likely N-dealkylation sites (N-methyl/N-ethyl adjacent to an activating group) is 1. The van der Waals surface area contributed by atoms with E-state index in [1.807, 2.05) is 12.4 Å². The van der Waals surface area contributed by atoms with Gasteiger partial charge in [-0.05, 0) is 56.3 Å². The lowest BCUT2D eigenvalue weighted by Crippen LogP contribution is -2.54. The second-order valence-corrected chi connectivity index (χ2v) is 5.46. The van der Waals surface area contributed by atoms with Crippen LogP contribution in [0.2, 0.25) is 0 Å². The van der Waals surface area contributed by atoms with Gasteiger partial charge in [0, 0.05) is 31.0 Å². The molecule has 18 heavy (non-hydrogen) atoms. The lowest BCUT2D eigenvalue weighted by Gasteiger charge is -2.41. The van der Waals surface area contributed by atoms with Crippen LogP contribution >= 0.6 is 0 Å². The highest BCUT2D eigenvalue weighted by atomic mass is 15.2. The molecule has 3 nitrogen and oxygen atoms in total. The standard InChI is InChI=1S/C15H25N3/c1-3-15(12-16,14-4-5-14)18(2)11-8-13-6-9-17-10-7-13/h6-7,9-10,14H,3-5,8,11-12,16H2,1-2H3. The van der Waals surface area contributed by atoms with Crippen LogP contribution in [-0.2, 0) is 6.42 Å². The first-order valence-corrected chi connectivity index (χ1v) is 7.03. The lowest BCUT2D eigenvalue weighted by atomic mass is 9.88. The molecule has 1 fully saturated rings. The number of pyridine rings is 1. The van der Waals surface area contributed by atoms with E-state index in [1.54, 1.807) is 0 Å². The summed E-state index contributed by atoms with van der Waals surface area (Å²) in [4.78, 5) is 6.55. The second kappa shape index (κ2) is 5.81. The Morgan fingerprint density at radius 3 is 2.56 bits per heavy atom. The van der Waals surface area contributed by atoms with Crippen molar-refractivity contribution in [1.29, 1.82) is 0 Å². The van der Waals surface area contributed by atoms with Gasteiger partial charge in [-0.1, -0.05) is 6.92 Å². The van der Waals surface area contributed by atoms with Crippen molar-refractivity contribution < 1.29 is 0 Å². The molecule has 1 unspecified atom stereocenters. The summed E-state index contributed by atoms with van der Waals surface area (Å²) in [6.07, 6.45) is 8.67. The molecule has 2 N–H and O–H groups in total. The summed E-state index contributed by atoms with van der Waals surface area (Å²) in [7, 11) is 2.23. The summed E-state index contributed by atoms with van der Waals surface area (Å²) in [5.41, 5.74) is 7.66. The highest BCUT2D eigenvalue weighted by Gasteiger charge is 2.45. The van der Waals surface area contributed by atoms with Crippen LogP contribution < -0.4 is 5.73 Å². The molecule has 0 aliphatic heterocycles. The first-order chi connectivity index (χ1) is 8.73. The first kappa shape index (κ1) is 13.5. The third-order valence-corrected chi connectivity index (χ3v) is 4.55. The van der Waals surface area contributed by atoms with Gasteiger partial charge in [0.15, 0.2) is 0 Å². The smallest absolute Gasteiger partial charge is 0.0354 e. The van der Waals surface area contributed by atoms with Crippen molar-refractivity contribution >= 4 is 0 Å². The van der Waals surface area contributed by atoms with Crippen molar-refractivity contribution in [2.24, 2.45) is 11.7 Å². The molecule has 1 saturated carbocycles. The zero-order valence-electron chi connectivity index (χ0n) is 11.6. The van der Waals surface area contributed by atoms with E-state index in [9.17, 15) is 0 Å². The van der Waals surface area contributed by atoms with Crippen molar-refractivity contribution in [3.63, 3.8) is 0 Å². The van der Waals surface area contributed by atoms with Crippen LogP contribution in [0, 0.1) is 5.92 Å². The summed E-state index contributed by atoms with van der Waals surface area (Å²) in [5, 5.41) is 0. The SMILES string of the molecule is CCC(CN)(C1CC1)N(C)CCc1ccncc1. The van der Waals surface area contributed by atoms with Crippen molar-refractivity contribution in [2.75, 3.05) is 20.1 Å². The van der Waals surface area contributed by atoms with Crippen LogP contribution in [0.3, 0.4) is 0 Å². The Morgan fingerprint density at radius 2 is 2.06 bits per heavy atom. The van der Waals surface area contributed by atoms with Gasteiger partial charge in [0.25, 0.3) is 0 Å². The molecule has 0 saturated heterocycles. The Balaban J connectivity index is 1.95. The second-order valence-electron chi connectivity index (χ2n) is 5.46. The molecule has 1 atom stereocenters. The van der Waals surface area contributed by atoms with Crippen molar-refractivity contribution in [3.8, 4) is 0 Å². The highest BCUT2D eigenvalue weighted by molar-refractivity contribution is 5.10. The van der Waals surface area contributed by atoms with E-state index in [4.69, 9.17) is 5.73 Å². The lowest BCUT2D eigenvalue weighted by molar-refractivity contribution is 0.0979. The van der Waals surface area contributed by atoms with Crippen LogP contribution in [-0.4, -0.2) is 35.6 Å². The fraction of sp³-hybridized carbons (Fsp3) is 0.667. The van der Waals surface area contributed by atoms with Gasteiger partial charge in [-0.3, -0.25) is 9.88 Å². The molecule has 1 aliphatic rings. The Bertz CT molecular complexity index is 355. The number of nitrogens with two attached hydrogens (primary N) is 1. The average Bonchev–Trinajstić information content (AvgIpc) is 3.25. The van der Waals surface area contributed by atoms with Gasteiger partial charge in [0.2, 0.25) is 0 Å². The fourth-order valence-corrected chi connectivity index (χ4v) is 3.03. The molecule has 0 radical (unpaired) electrons. The number of hydrogen-bond donors (Lipinski definition) is 1. The van der Waals surface area contributed by atoms with E-state index in [1.165, 1.54) is 18.4 Å². The molecule has 1 heterocycles. The Kier molecular flexibility index (Phi) is 4.36. The molecule has 1 aromatic heterocycles. The monoisotopic (exact) mass is 247 g/mol. The van der Waals surface area contributed by atoms with E-state index in [0.29, 0.717) is 0 Å². The summed E-state index contributed by atoms with van der Waals surface area (Å²) < 4.78 is 0. The van der Waals surface area contributed by atoms with Gasteiger partial charge in [-0.25, -0.2) is 0 Å². The average molecular weight is 247 g/mol. The van der Waals surface area contributed by atoms with Crippen molar-refractivity contribution in [1.82, 2.24) is 9.88 Å². The molecular weight excluding hydrogens is 222 g/mol. The maximum atomic E-state index is 6.08. The quantitative estimate of drug-likeness (QED) is 0.802. The molecule has 1 aliphatic carbocycles. The molecule has 0 amide bonds. The van der Waals surface area contributed by atoms with Gasteiger partial charge in [0.05, 0.1) is 0 Å². The topological polar surface area (TPSA) is 42.1 Å². The van der Waals surface area contributed by atoms with E-state index in [-0.39, 0.29) is 5.54 Å². The zero-order chi connectivity index (χ0) is 13.0. The third kappa shape index (κ3) is 2.73.